The highest BCUT2D eigenvalue weighted by Crippen LogP contribution is 2.34. The molecule has 1 fully saturated rings. The predicted molar refractivity (Wildman–Crippen MR) is 119 cm³/mol. The van der Waals surface area contributed by atoms with Crippen LogP contribution in [0.4, 0.5) is 10.9 Å². The standard InChI is InChI=1S/C20H25N7S2/c1-13-8-16(26-20(25-13)28-15-6-4-3-5-7-15)17-11-24-19(29-17)27-18-12-22-14(9-21-2)10-23-18/h8,10-12,15,21H,3-7,9H2,1-2H3,(H,23,24,27). The molecule has 1 saturated carbocycles. The number of anilines is 2. The van der Waals surface area contributed by atoms with Crippen molar-refractivity contribution in [2.24, 2.45) is 0 Å². The van der Waals surface area contributed by atoms with Crippen LogP contribution in [0.3, 0.4) is 0 Å². The molecule has 29 heavy (non-hydrogen) atoms. The summed E-state index contributed by atoms with van der Waals surface area (Å²) in [4.78, 5) is 23.7. The van der Waals surface area contributed by atoms with E-state index in [4.69, 9.17) is 4.98 Å². The summed E-state index contributed by atoms with van der Waals surface area (Å²) >= 11 is 3.38. The molecule has 0 saturated heterocycles. The van der Waals surface area contributed by atoms with Gasteiger partial charge >= 0.3 is 0 Å². The van der Waals surface area contributed by atoms with Gasteiger partial charge in [0.2, 0.25) is 0 Å². The number of hydrogen-bond donors (Lipinski definition) is 2. The molecule has 0 bridgehead atoms. The van der Waals surface area contributed by atoms with Gasteiger partial charge < -0.3 is 10.6 Å². The fourth-order valence-corrected chi connectivity index (χ4v) is 5.30. The molecule has 0 aromatic carbocycles. The number of aromatic nitrogens is 5. The number of aryl methyl sites for hydroxylation is 1. The first-order valence-electron chi connectivity index (χ1n) is 9.90. The maximum absolute atomic E-state index is 4.81. The summed E-state index contributed by atoms with van der Waals surface area (Å²) in [7, 11) is 1.89. The zero-order valence-electron chi connectivity index (χ0n) is 16.7. The third-order valence-corrected chi connectivity index (χ3v) is 6.85. The second-order valence-electron chi connectivity index (χ2n) is 7.13. The molecule has 9 heteroatoms. The molecular formula is C20H25N7S2. The summed E-state index contributed by atoms with van der Waals surface area (Å²) in [6.45, 7) is 2.72. The Morgan fingerprint density at radius 3 is 2.69 bits per heavy atom. The number of nitrogens with zero attached hydrogens (tertiary/aromatic N) is 5. The van der Waals surface area contributed by atoms with Gasteiger partial charge in [-0.1, -0.05) is 42.4 Å². The van der Waals surface area contributed by atoms with Crippen LogP contribution in [0.1, 0.15) is 43.5 Å². The quantitative estimate of drug-likeness (QED) is 0.530. The predicted octanol–water partition coefficient (Wildman–Crippen LogP) is 4.59. The van der Waals surface area contributed by atoms with E-state index in [1.165, 1.54) is 32.1 Å². The lowest BCUT2D eigenvalue weighted by molar-refractivity contribution is 0.515. The van der Waals surface area contributed by atoms with E-state index in [2.05, 4.69) is 30.6 Å². The minimum absolute atomic E-state index is 0.640. The minimum Gasteiger partial charge on any atom is -0.315 e. The van der Waals surface area contributed by atoms with Crippen LogP contribution in [-0.2, 0) is 6.54 Å². The fourth-order valence-electron chi connectivity index (χ4n) is 3.30. The van der Waals surface area contributed by atoms with Crippen LogP contribution in [0.25, 0.3) is 10.6 Å². The van der Waals surface area contributed by atoms with Gasteiger partial charge in [-0.25, -0.2) is 19.9 Å². The lowest BCUT2D eigenvalue weighted by Crippen LogP contribution is -2.09. The van der Waals surface area contributed by atoms with Gasteiger partial charge in [0.1, 0.15) is 0 Å². The van der Waals surface area contributed by atoms with Gasteiger partial charge in [-0.3, -0.25) is 4.98 Å². The highest BCUT2D eigenvalue weighted by molar-refractivity contribution is 7.99. The van der Waals surface area contributed by atoms with E-state index < -0.39 is 0 Å². The number of nitrogens with one attached hydrogen (secondary N) is 2. The molecule has 0 amide bonds. The van der Waals surface area contributed by atoms with Crippen molar-refractivity contribution < 1.29 is 0 Å². The van der Waals surface area contributed by atoms with Crippen molar-refractivity contribution >= 4 is 34.0 Å². The van der Waals surface area contributed by atoms with Crippen molar-refractivity contribution in [1.29, 1.82) is 0 Å². The zero-order chi connectivity index (χ0) is 20.1. The minimum atomic E-state index is 0.640. The maximum atomic E-state index is 4.81. The van der Waals surface area contributed by atoms with Crippen LogP contribution >= 0.6 is 23.1 Å². The van der Waals surface area contributed by atoms with E-state index >= 15 is 0 Å². The molecule has 0 unspecified atom stereocenters. The van der Waals surface area contributed by atoms with Gasteiger partial charge in [0.25, 0.3) is 0 Å². The Labute approximate surface area is 179 Å². The molecule has 0 radical (unpaired) electrons. The van der Waals surface area contributed by atoms with E-state index in [0.717, 1.165) is 32.2 Å². The van der Waals surface area contributed by atoms with Gasteiger partial charge in [0.05, 0.1) is 28.7 Å². The van der Waals surface area contributed by atoms with Gasteiger partial charge in [0.15, 0.2) is 16.1 Å². The molecule has 0 aliphatic heterocycles. The molecule has 3 heterocycles. The van der Waals surface area contributed by atoms with Gasteiger partial charge in [-0.15, -0.1) is 0 Å². The third kappa shape index (κ3) is 5.49. The first-order chi connectivity index (χ1) is 14.2. The summed E-state index contributed by atoms with van der Waals surface area (Å²) in [5.41, 5.74) is 2.82. The largest absolute Gasteiger partial charge is 0.315 e. The molecule has 7 nitrogen and oxygen atoms in total. The van der Waals surface area contributed by atoms with E-state index in [-0.39, 0.29) is 0 Å². The van der Waals surface area contributed by atoms with E-state index in [1.807, 2.05) is 38.0 Å². The van der Waals surface area contributed by atoms with Crippen LogP contribution in [0.2, 0.25) is 0 Å². The zero-order valence-corrected chi connectivity index (χ0v) is 18.3. The molecule has 3 aromatic heterocycles. The molecular weight excluding hydrogens is 402 g/mol. The lowest BCUT2D eigenvalue weighted by Gasteiger charge is -2.20. The summed E-state index contributed by atoms with van der Waals surface area (Å²) in [6.07, 6.45) is 11.9. The topological polar surface area (TPSA) is 88.5 Å². The van der Waals surface area contributed by atoms with Crippen molar-refractivity contribution in [2.45, 2.75) is 56.0 Å². The van der Waals surface area contributed by atoms with Crippen molar-refractivity contribution in [3.63, 3.8) is 0 Å². The first kappa shape index (κ1) is 20.2. The van der Waals surface area contributed by atoms with Crippen molar-refractivity contribution in [3.8, 4) is 10.6 Å². The van der Waals surface area contributed by atoms with Crippen LogP contribution in [0, 0.1) is 6.92 Å². The summed E-state index contributed by atoms with van der Waals surface area (Å²) in [5.74, 6) is 0.679. The molecule has 152 valence electrons. The Morgan fingerprint density at radius 1 is 1.07 bits per heavy atom. The van der Waals surface area contributed by atoms with Crippen LogP contribution in [-0.4, -0.2) is 37.2 Å². The molecule has 2 N–H and O–H groups in total. The molecule has 0 atom stereocenters. The van der Waals surface area contributed by atoms with Crippen LogP contribution in [0.5, 0.6) is 0 Å². The second kappa shape index (κ2) is 9.60. The Balaban J connectivity index is 1.46. The maximum Gasteiger partial charge on any atom is 0.188 e. The highest BCUT2D eigenvalue weighted by atomic mass is 32.2. The summed E-state index contributed by atoms with van der Waals surface area (Å²) in [5, 5.41) is 8.57. The molecule has 4 rings (SSSR count). The highest BCUT2D eigenvalue weighted by Gasteiger charge is 2.17. The number of thiazole rings is 1. The summed E-state index contributed by atoms with van der Waals surface area (Å²) in [6, 6.07) is 2.02. The molecule has 1 aliphatic carbocycles. The number of rotatable bonds is 7. The summed E-state index contributed by atoms with van der Waals surface area (Å²) < 4.78 is 0. The average molecular weight is 428 g/mol. The number of thioether (sulfide) groups is 1. The Kier molecular flexibility index (Phi) is 6.68. The van der Waals surface area contributed by atoms with Crippen LogP contribution in [0.15, 0.2) is 29.8 Å². The Bertz CT molecular complexity index is 936. The lowest BCUT2D eigenvalue weighted by atomic mass is 10.0. The molecule has 0 spiro atoms. The van der Waals surface area contributed by atoms with Crippen molar-refractivity contribution in [2.75, 3.05) is 12.4 Å². The number of hydrogen-bond acceptors (Lipinski definition) is 9. The van der Waals surface area contributed by atoms with Crippen molar-refractivity contribution in [1.82, 2.24) is 30.2 Å². The monoisotopic (exact) mass is 427 g/mol. The van der Waals surface area contributed by atoms with Crippen LogP contribution < -0.4 is 10.6 Å². The van der Waals surface area contributed by atoms with E-state index in [0.29, 0.717) is 17.6 Å². The normalized spacial score (nSPS) is 14.8. The smallest absolute Gasteiger partial charge is 0.188 e. The Morgan fingerprint density at radius 2 is 1.93 bits per heavy atom. The van der Waals surface area contributed by atoms with Gasteiger partial charge in [-0.05, 0) is 32.9 Å². The second-order valence-corrected chi connectivity index (χ2v) is 9.43. The van der Waals surface area contributed by atoms with Crippen molar-refractivity contribution in [3.05, 3.63) is 36.0 Å². The SMILES string of the molecule is CNCc1cnc(Nc2ncc(-c3cc(C)nc(SC4CCCCC4)n3)s2)cn1. The van der Waals surface area contributed by atoms with E-state index in [1.54, 1.807) is 23.7 Å². The first-order valence-corrected chi connectivity index (χ1v) is 11.6. The van der Waals surface area contributed by atoms with E-state index in [9.17, 15) is 0 Å². The third-order valence-electron chi connectivity index (χ3n) is 4.71. The molecule has 1 aliphatic rings. The van der Waals surface area contributed by atoms with Gasteiger partial charge in [0, 0.05) is 23.7 Å². The molecule has 3 aromatic rings. The Hall–Kier alpha value is -2.10. The fraction of sp³-hybridized carbons (Fsp3) is 0.450. The average Bonchev–Trinajstić information content (AvgIpc) is 3.19. The van der Waals surface area contributed by atoms with Gasteiger partial charge in [-0.2, -0.15) is 0 Å².